The molecule has 0 spiro atoms. The molecule has 40 heavy (non-hydrogen) atoms. The summed E-state index contributed by atoms with van der Waals surface area (Å²) in [5.41, 5.74) is 0.806. The number of hydrogen-bond donors (Lipinski definition) is 1. The summed E-state index contributed by atoms with van der Waals surface area (Å²) in [6.07, 6.45) is 11.4. The van der Waals surface area contributed by atoms with Gasteiger partial charge < -0.3 is 24.1 Å². The highest BCUT2D eigenvalue weighted by Crippen LogP contribution is 2.49. The third-order valence-electron chi connectivity index (χ3n) is 9.17. The van der Waals surface area contributed by atoms with Crippen molar-refractivity contribution < 1.29 is 23.9 Å². The number of carbonyl (C=O) groups excluding carboxylic acids is 3. The fourth-order valence-corrected chi connectivity index (χ4v) is 6.70. The number of amides is 2. The number of nitrogens with zero attached hydrogens (tertiary/aromatic N) is 3. The molecule has 0 unspecified atom stereocenters. The van der Waals surface area contributed by atoms with E-state index in [0.29, 0.717) is 12.3 Å². The maximum Gasteiger partial charge on any atom is 0.408 e. The Bertz CT molecular complexity index is 1280. The number of imidazole rings is 1. The molecule has 2 fully saturated rings. The highest BCUT2D eigenvalue weighted by Gasteiger charge is 2.54. The minimum Gasteiger partial charge on any atom is -0.488 e. The average Bonchev–Trinajstić information content (AvgIpc) is 3.19. The summed E-state index contributed by atoms with van der Waals surface area (Å²) in [5, 5.41) is 2.89. The second-order valence-corrected chi connectivity index (χ2v) is 13.3. The lowest BCUT2D eigenvalue weighted by Crippen LogP contribution is -2.57. The maximum atomic E-state index is 14.2. The number of aryl methyl sites for hydroxylation is 1. The normalized spacial score (nSPS) is 31.8. The van der Waals surface area contributed by atoms with Gasteiger partial charge in [0.25, 0.3) is 0 Å². The van der Waals surface area contributed by atoms with Crippen LogP contribution in [-0.4, -0.2) is 62.4 Å². The Morgan fingerprint density at radius 3 is 2.70 bits per heavy atom. The number of nitrogens with one attached hydrogen (secondary N) is 1. The number of fused-ring (bicyclic) bond motifs is 5. The van der Waals surface area contributed by atoms with Crippen LogP contribution in [0.25, 0.3) is 5.65 Å². The number of pyridine rings is 1. The molecule has 9 nitrogen and oxygen atoms in total. The van der Waals surface area contributed by atoms with E-state index in [-0.39, 0.29) is 30.3 Å². The van der Waals surface area contributed by atoms with Gasteiger partial charge in [0.15, 0.2) is 5.78 Å². The van der Waals surface area contributed by atoms with Gasteiger partial charge in [-0.3, -0.25) is 9.59 Å². The van der Waals surface area contributed by atoms with E-state index in [4.69, 9.17) is 9.47 Å². The smallest absolute Gasteiger partial charge is 0.408 e. The zero-order valence-electron chi connectivity index (χ0n) is 24.7. The number of carbonyl (C=O) groups is 3. The first-order valence-electron chi connectivity index (χ1n) is 14.8. The first kappa shape index (κ1) is 28.4. The van der Waals surface area contributed by atoms with Crippen molar-refractivity contribution in [2.45, 2.75) is 110 Å². The van der Waals surface area contributed by atoms with Crippen LogP contribution in [0.3, 0.4) is 0 Å². The maximum absolute atomic E-state index is 14.2. The van der Waals surface area contributed by atoms with Gasteiger partial charge in [0, 0.05) is 42.1 Å². The molecule has 0 radical (unpaired) electrons. The van der Waals surface area contributed by atoms with E-state index in [0.717, 1.165) is 55.5 Å². The van der Waals surface area contributed by atoms with E-state index in [9.17, 15) is 14.4 Å². The molecule has 1 saturated heterocycles. The molecule has 6 atom stereocenters. The monoisotopic (exact) mass is 552 g/mol. The Morgan fingerprint density at radius 2 is 2.00 bits per heavy atom. The van der Waals surface area contributed by atoms with Crippen LogP contribution in [0.2, 0.25) is 0 Å². The molecule has 2 aliphatic heterocycles. The minimum absolute atomic E-state index is 0.0790. The summed E-state index contributed by atoms with van der Waals surface area (Å²) < 4.78 is 14.6. The molecule has 0 aromatic carbocycles. The van der Waals surface area contributed by atoms with Crippen molar-refractivity contribution in [1.82, 2.24) is 19.6 Å². The van der Waals surface area contributed by atoms with Gasteiger partial charge in [-0.1, -0.05) is 40.5 Å². The van der Waals surface area contributed by atoms with Crippen molar-refractivity contribution in [3.05, 3.63) is 30.2 Å². The van der Waals surface area contributed by atoms with Crippen molar-refractivity contribution in [2.75, 3.05) is 6.54 Å². The third-order valence-corrected chi connectivity index (χ3v) is 9.17. The van der Waals surface area contributed by atoms with E-state index in [1.54, 1.807) is 11.1 Å². The molecular weight excluding hydrogens is 508 g/mol. The Balaban J connectivity index is 1.52. The first-order chi connectivity index (χ1) is 18.9. The second kappa shape index (κ2) is 10.7. The topological polar surface area (TPSA) is 102 Å². The Kier molecular flexibility index (Phi) is 7.61. The van der Waals surface area contributed by atoms with Gasteiger partial charge >= 0.3 is 6.09 Å². The first-order valence-corrected chi connectivity index (χ1v) is 14.8. The van der Waals surface area contributed by atoms with Crippen LogP contribution in [0.15, 0.2) is 24.7 Å². The molecule has 2 bridgehead atoms. The van der Waals surface area contributed by atoms with Crippen molar-refractivity contribution in [2.24, 2.45) is 17.3 Å². The molecule has 1 aliphatic carbocycles. The van der Waals surface area contributed by atoms with Gasteiger partial charge in [-0.15, -0.1) is 0 Å². The number of hydrogen-bond acceptors (Lipinski definition) is 6. The van der Waals surface area contributed by atoms with Crippen molar-refractivity contribution in [3.63, 3.8) is 0 Å². The molecule has 1 N–H and O–H groups in total. The summed E-state index contributed by atoms with van der Waals surface area (Å²) in [6, 6.07) is 0.490. The summed E-state index contributed by atoms with van der Waals surface area (Å²) in [5.74, 6) is 0.560. The van der Waals surface area contributed by atoms with E-state index in [2.05, 4.69) is 16.5 Å². The van der Waals surface area contributed by atoms with Gasteiger partial charge in [-0.25, -0.2) is 9.78 Å². The van der Waals surface area contributed by atoms with Gasteiger partial charge in [0.05, 0.1) is 12.6 Å². The summed E-state index contributed by atoms with van der Waals surface area (Å²) in [6.45, 7) is 11.6. The molecule has 4 heterocycles. The van der Waals surface area contributed by atoms with Crippen LogP contribution < -0.4 is 10.1 Å². The predicted octanol–water partition coefficient (Wildman–Crippen LogP) is 4.94. The standard InChI is InChI=1S/C31H44N4O5/c1-7-22-24-18-35(26(22)19(2)36)28(37)27(30(3,4)5)33-29(38)40-31(6)16-21(31)12-10-8-9-11-20-17-34-14-13-32-25(34)15-23(20)39-24/h13-15,17,21-22,24,26-27H,7-12,16,18H2,1-6H3,(H,33,38)/t21-,22-,24+,26-,27-,31-/m1/s1. The van der Waals surface area contributed by atoms with E-state index >= 15 is 0 Å². The van der Waals surface area contributed by atoms with Gasteiger partial charge in [0.2, 0.25) is 5.91 Å². The lowest BCUT2D eigenvalue weighted by molar-refractivity contribution is -0.141. The van der Waals surface area contributed by atoms with E-state index in [1.807, 2.05) is 51.3 Å². The number of alkyl carbamates (subject to hydrolysis) is 1. The highest BCUT2D eigenvalue weighted by molar-refractivity contribution is 5.92. The zero-order chi connectivity index (χ0) is 28.8. The Hall–Kier alpha value is -3.10. The van der Waals surface area contributed by atoms with E-state index in [1.165, 1.54) is 6.92 Å². The minimum atomic E-state index is -0.852. The molecule has 1 saturated carbocycles. The van der Waals surface area contributed by atoms with E-state index < -0.39 is 29.2 Å². The average molecular weight is 553 g/mol. The summed E-state index contributed by atoms with van der Waals surface area (Å²) in [4.78, 5) is 46.4. The van der Waals surface area contributed by atoms with Crippen LogP contribution in [0.1, 0.15) is 85.6 Å². The number of aromatic nitrogens is 2. The largest absolute Gasteiger partial charge is 0.488 e. The summed E-state index contributed by atoms with van der Waals surface area (Å²) >= 11 is 0. The summed E-state index contributed by atoms with van der Waals surface area (Å²) in [7, 11) is 0. The van der Waals surface area contributed by atoms with Gasteiger partial charge in [-0.2, -0.15) is 0 Å². The van der Waals surface area contributed by atoms with Crippen LogP contribution in [0.5, 0.6) is 5.75 Å². The van der Waals surface area contributed by atoms with Crippen LogP contribution in [0.4, 0.5) is 4.79 Å². The van der Waals surface area contributed by atoms with Crippen molar-refractivity contribution >= 4 is 23.4 Å². The van der Waals surface area contributed by atoms with Crippen molar-refractivity contribution in [3.8, 4) is 5.75 Å². The van der Waals surface area contributed by atoms with Crippen LogP contribution >= 0.6 is 0 Å². The van der Waals surface area contributed by atoms with Crippen LogP contribution in [-0.2, 0) is 20.7 Å². The number of ether oxygens (including phenoxy) is 2. The van der Waals surface area contributed by atoms with Crippen molar-refractivity contribution in [1.29, 1.82) is 0 Å². The molecular formula is C31H44N4O5. The zero-order valence-corrected chi connectivity index (χ0v) is 24.7. The lowest BCUT2D eigenvalue weighted by Gasteiger charge is -2.35. The lowest BCUT2D eigenvalue weighted by atomic mass is 9.85. The quantitative estimate of drug-likeness (QED) is 0.566. The molecule has 9 heteroatoms. The van der Waals surface area contributed by atoms with Gasteiger partial charge in [0.1, 0.15) is 29.1 Å². The molecule has 2 amide bonds. The SMILES string of the molecule is CC[C@@H]1[C@@H]2CN(C(=O)[C@H](C(C)(C)C)NC(=O)O[C@]3(C)C[C@H]3CCCCCc3cn4ccnc4cc3O2)[C@@H]1C(C)=O. The Labute approximate surface area is 237 Å². The number of rotatable bonds is 2. The number of ketones is 1. The molecule has 2 aromatic heterocycles. The molecule has 5 rings (SSSR count). The molecule has 3 aliphatic rings. The number of Topliss-reactive ketones (excluding diaryl/α,β-unsaturated/α-hetero) is 1. The fraction of sp³-hybridized carbons (Fsp3) is 0.677. The highest BCUT2D eigenvalue weighted by atomic mass is 16.6. The van der Waals surface area contributed by atoms with Crippen LogP contribution in [0, 0.1) is 17.3 Å². The Morgan fingerprint density at radius 1 is 1.23 bits per heavy atom. The molecule has 218 valence electrons. The molecule has 2 aromatic rings. The van der Waals surface area contributed by atoms with Gasteiger partial charge in [-0.05, 0) is 51.4 Å². The predicted molar refractivity (Wildman–Crippen MR) is 151 cm³/mol. The second-order valence-electron chi connectivity index (χ2n) is 13.3. The fourth-order valence-electron chi connectivity index (χ4n) is 6.70. The third kappa shape index (κ3) is 5.56.